The molecule has 4 nitrogen and oxygen atoms in total. The van der Waals surface area contributed by atoms with Crippen molar-refractivity contribution in [1.29, 1.82) is 0 Å². The van der Waals surface area contributed by atoms with Gasteiger partial charge in [0.15, 0.2) is 0 Å². The van der Waals surface area contributed by atoms with Gasteiger partial charge >= 0.3 is 0 Å². The van der Waals surface area contributed by atoms with Gasteiger partial charge in [-0.05, 0) is 141 Å². The van der Waals surface area contributed by atoms with Gasteiger partial charge in [0.25, 0.3) is 6.71 Å². The van der Waals surface area contributed by atoms with Gasteiger partial charge in [-0.1, -0.05) is 135 Å². The number of rotatable bonds is 5. The third-order valence-electron chi connectivity index (χ3n) is 13.0. The number of hydrogen-bond donors (Lipinski definition) is 0. The number of anilines is 9. The van der Waals surface area contributed by atoms with E-state index < -0.39 is 0 Å². The summed E-state index contributed by atoms with van der Waals surface area (Å²) in [6, 6.07) is 58.6. The van der Waals surface area contributed by atoms with E-state index in [2.05, 4.69) is 242 Å². The lowest BCUT2D eigenvalue weighted by molar-refractivity contribution is 0.589. The first-order valence-electron chi connectivity index (χ1n) is 22.1. The molecule has 0 fully saturated rings. The number of aryl methyl sites for hydroxylation is 1. The molecular formula is C57H56BN3O. The first kappa shape index (κ1) is 39.7. The Morgan fingerprint density at radius 1 is 0.452 bits per heavy atom. The SMILES string of the molecule is Cc1cc2c3c(c1)N(c1ccc(C(C)(C)C)cc1)c1oc4ccc(C(C)(C)C)cc4c1B3c1ccc(N(c3ccccc3)c3ccccc3)cc1N2c1ccc(C(C)(C)C)cc1. The molecule has 7 aromatic carbocycles. The number of fused-ring (bicyclic) bond motifs is 6. The average molecular weight is 810 g/mol. The third kappa shape index (κ3) is 6.61. The van der Waals surface area contributed by atoms with Crippen LogP contribution in [0.15, 0.2) is 162 Å². The zero-order valence-corrected chi connectivity index (χ0v) is 37.8. The van der Waals surface area contributed by atoms with Gasteiger partial charge in [0, 0.05) is 56.3 Å². The van der Waals surface area contributed by atoms with E-state index in [9.17, 15) is 0 Å². The smallest absolute Gasteiger partial charge is 0.257 e. The highest BCUT2D eigenvalue weighted by atomic mass is 16.4. The fourth-order valence-electron chi connectivity index (χ4n) is 9.60. The van der Waals surface area contributed by atoms with Crippen molar-refractivity contribution < 1.29 is 4.42 Å². The lowest BCUT2D eigenvalue weighted by Crippen LogP contribution is -2.61. The van der Waals surface area contributed by atoms with Crippen LogP contribution < -0.4 is 31.1 Å². The molecular weight excluding hydrogens is 753 g/mol. The molecule has 0 saturated heterocycles. The minimum Gasteiger partial charge on any atom is -0.440 e. The number of furan rings is 1. The van der Waals surface area contributed by atoms with Crippen LogP contribution in [0.5, 0.6) is 0 Å². The van der Waals surface area contributed by atoms with Crippen LogP contribution >= 0.6 is 0 Å². The Balaban J connectivity index is 1.29. The van der Waals surface area contributed by atoms with E-state index in [-0.39, 0.29) is 23.0 Å². The van der Waals surface area contributed by atoms with Crippen LogP contribution in [0.1, 0.15) is 84.6 Å². The lowest BCUT2D eigenvalue weighted by Gasteiger charge is -2.43. The maximum atomic E-state index is 7.17. The quantitative estimate of drug-likeness (QED) is 0.162. The summed E-state index contributed by atoms with van der Waals surface area (Å²) in [5, 5.41) is 1.17. The van der Waals surface area contributed by atoms with Crippen molar-refractivity contribution in [1.82, 2.24) is 0 Å². The second-order valence-electron chi connectivity index (χ2n) is 20.4. The molecule has 0 atom stereocenters. The standard InChI is InChI=1S/C57H56BN3O/c1-37-33-49-53-50(34-37)61(44-28-23-39(24-29-44)56(5,6)7)54-52(46-35-40(57(8,9)10)25-32-51(46)62-54)58(53)47-31-30-45(59(41-17-13-11-14-18-41)42-19-15-12-16-20-42)36-48(47)60(49)43-26-21-38(22-27-43)55(2,3)4/h11-36H,1-10H3. The van der Waals surface area contributed by atoms with Crippen LogP contribution in [-0.4, -0.2) is 6.71 Å². The van der Waals surface area contributed by atoms with E-state index in [1.807, 2.05) is 0 Å². The molecule has 0 bridgehead atoms. The third-order valence-corrected chi connectivity index (χ3v) is 13.0. The molecule has 10 rings (SSSR count). The summed E-state index contributed by atoms with van der Waals surface area (Å²) < 4.78 is 7.17. The van der Waals surface area contributed by atoms with E-state index in [0.717, 1.165) is 51.3 Å². The average Bonchev–Trinajstić information content (AvgIpc) is 3.62. The molecule has 8 aromatic rings. The zero-order chi connectivity index (χ0) is 43.3. The highest BCUT2D eigenvalue weighted by Crippen LogP contribution is 2.48. The molecule has 0 spiro atoms. The molecule has 0 radical (unpaired) electrons. The molecule has 1 aromatic heterocycles. The number of para-hydroxylation sites is 2. The summed E-state index contributed by atoms with van der Waals surface area (Å²) in [7, 11) is 0. The molecule has 0 N–H and O–H groups in total. The van der Waals surface area contributed by atoms with Crippen LogP contribution in [-0.2, 0) is 16.2 Å². The Labute approximate surface area is 368 Å². The molecule has 2 aliphatic rings. The van der Waals surface area contributed by atoms with Gasteiger partial charge in [-0.15, -0.1) is 0 Å². The van der Waals surface area contributed by atoms with E-state index >= 15 is 0 Å². The van der Waals surface area contributed by atoms with Crippen molar-refractivity contribution in [2.24, 2.45) is 0 Å². The molecule has 0 unspecified atom stereocenters. The Hall–Kier alpha value is -6.46. The van der Waals surface area contributed by atoms with Crippen molar-refractivity contribution >= 4 is 85.5 Å². The largest absolute Gasteiger partial charge is 0.440 e. The van der Waals surface area contributed by atoms with Gasteiger partial charge in [-0.3, -0.25) is 4.90 Å². The monoisotopic (exact) mass is 809 g/mol. The second kappa shape index (κ2) is 14.3. The van der Waals surface area contributed by atoms with Crippen LogP contribution in [0.25, 0.3) is 11.0 Å². The van der Waals surface area contributed by atoms with Crippen LogP contribution in [0.4, 0.5) is 51.4 Å². The minimum atomic E-state index is -0.0896. The van der Waals surface area contributed by atoms with Crippen LogP contribution in [0.3, 0.4) is 0 Å². The Morgan fingerprint density at radius 3 is 1.48 bits per heavy atom. The predicted molar refractivity (Wildman–Crippen MR) is 266 cm³/mol. The van der Waals surface area contributed by atoms with E-state index in [4.69, 9.17) is 4.42 Å². The first-order valence-corrected chi connectivity index (χ1v) is 22.1. The zero-order valence-electron chi connectivity index (χ0n) is 37.8. The Morgan fingerprint density at radius 2 is 0.952 bits per heavy atom. The molecule has 5 heteroatoms. The van der Waals surface area contributed by atoms with Crippen molar-refractivity contribution in [2.75, 3.05) is 14.7 Å². The molecule has 3 heterocycles. The highest BCUT2D eigenvalue weighted by Gasteiger charge is 2.46. The van der Waals surface area contributed by atoms with Gasteiger partial charge in [-0.25, -0.2) is 0 Å². The summed E-state index contributed by atoms with van der Waals surface area (Å²) >= 11 is 0. The van der Waals surface area contributed by atoms with Crippen LogP contribution in [0.2, 0.25) is 0 Å². The van der Waals surface area contributed by atoms with Crippen molar-refractivity contribution in [2.45, 2.75) is 85.5 Å². The molecule has 0 amide bonds. The number of hydrogen-bond acceptors (Lipinski definition) is 4. The van der Waals surface area contributed by atoms with Gasteiger partial charge in [-0.2, -0.15) is 0 Å². The van der Waals surface area contributed by atoms with E-state index in [1.54, 1.807) is 0 Å². The normalized spacial score (nSPS) is 13.5. The highest BCUT2D eigenvalue weighted by molar-refractivity contribution is 7.01. The lowest BCUT2D eigenvalue weighted by atomic mass is 9.33. The maximum Gasteiger partial charge on any atom is 0.257 e. The van der Waals surface area contributed by atoms with Gasteiger partial charge in [0.2, 0.25) is 5.88 Å². The predicted octanol–water partition coefficient (Wildman–Crippen LogP) is 14.2. The fraction of sp³-hybridized carbons (Fsp3) is 0.228. The van der Waals surface area contributed by atoms with E-state index in [0.29, 0.717) is 0 Å². The Bertz CT molecular complexity index is 2930. The molecule has 2 aliphatic heterocycles. The maximum absolute atomic E-state index is 7.17. The van der Waals surface area contributed by atoms with Gasteiger partial charge < -0.3 is 14.2 Å². The number of benzene rings is 7. The van der Waals surface area contributed by atoms with Crippen molar-refractivity contribution in [3.63, 3.8) is 0 Å². The summed E-state index contributed by atoms with van der Waals surface area (Å²) in [4.78, 5) is 7.29. The minimum absolute atomic E-state index is 0.0264. The molecule has 308 valence electrons. The van der Waals surface area contributed by atoms with Crippen molar-refractivity contribution in [3.05, 3.63) is 180 Å². The molecule has 0 saturated carbocycles. The summed E-state index contributed by atoms with van der Waals surface area (Å²) in [5.41, 5.74) is 18.8. The van der Waals surface area contributed by atoms with Gasteiger partial charge in [0.05, 0.1) is 0 Å². The first-order chi connectivity index (χ1) is 29.6. The Kier molecular flexibility index (Phi) is 9.15. The topological polar surface area (TPSA) is 22.9 Å². The number of nitrogens with zero attached hydrogens (tertiary/aromatic N) is 3. The molecule has 0 aliphatic carbocycles. The second-order valence-corrected chi connectivity index (χ2v) is 20.4. The van der Waals surface area contributed by atoms with Crippen molar-refractivity contribution in [3.8, 4) is 0 Å². The summed E-state index contributed by atoms with van der Waals surface area (Å²) in [6.45, 7) is 22.7. The van der Waals surface area contributed by atoms with Gasteiger partial charge in [0.1, 0.15) is 5.58 Å². The fourth-order valence-corrected chi connectivity index (χ4v) is 9.60. The summed E-state index contributed by atoms with van der Waals surface area (Å²) in [5.74, 6) is 0.886. The van der Waals surface area contributed by atoms with E-state index in [1.165, 1.54) is 49.7 Å². The molecule has 62 heavy (non-hydrogen) atoms. The summed E-state index contributed by atoms with van der Waals surface area (Å²) in [6.07, 6.45) is 0. The van der Waals surface area contributed by atoms with Crippen LogP contribution in [0, 0.1) is 6.92 Å².